The van der Waals surface area contributed by atoms with Gasteiger partial charge in [0.2, 0.25) is 0 Å². The topological polar surface area (TPSA) is 12.0 Å². The molecule has 0 saturated carbocycles. The first-order valence-electron chi connectivity index (χ1n) is 6.33. The third-order valence-electron chi connectivity index (χ3n) is 3.42. The van der Waals surface area contributed by atoms with Gasteiger partial charge in [-0.15, -0.1) is 0 Å². The van der Waals surface area contributed by atoms with Crippen molar-refractivity contribution >= 4 is 11.6 Å². The van der Waals surface area contributed by atoms with E-state index in [1.54, 1.807) is 26.1 Å². The number of hydrogen-bond acceptors (Lipinski definition) is 1. The van der Waals surface area contributed by atoms with E-state index in [9.17, 15) is 8.78 Å². The Morgan fingerprint density at radius 3 is 2.25 bits per heavy atom. The van der Waals surface area contributed by atoms with Gasteiger partial charge < -0.3 is 5.32 Å². The number of halogens is 3. The Morgan fingerprint density at radius 1 is 0.950 bits per heavy atom. The van der Waals surface area contributed by atoms with Crippen molar-refractivity contribution in [2.24, 2.45) is 0 Å². The fourth-order valence-corrected chi connectivity index (χ4v) is 2.57. The van der Waals surface area contributed by atoms with Gasteiger partial charge in [0, 0.05) is 16.7 Å². The first-order chi connectivity index (χ1) is 9.43. The molecule has 0 amide bonds. The minimum Gasteiger partial charge on any atom is -0.309 e. The molecule has 0 radical (unpaired) electrons. The third-order valence-corrected chi connectivity index (χ3v) is 3.66. The van der Waals surface area contributed by atoms with Gasteiger partial charge in [-0.2, -0.15) is 0 Å². The molecule has 1 atom stereocenters. The van der Waals surface area contributed by atoms with Crippen molar-refractivity contribution in [3.05, 3.63) is 69.2 Å². The molecule has 1 nitrogen and oxygen atoms in total. The number of hydrogen-bond donors (Lipinski definition) is 1. The zero-order chi connectivity index (χ0) is 14.9. The van der Waals surface area contributed by atoms with Gasteiger partial charge in [-0.1, -0.05) is 17.7 Å². The van der Waals surface area contributed by atoms with E-state index < -0.39 is 11.6 Å². The zero-order valence-electron chi connectivity index (χ0n) is 11.6. The second kappa shape index (κ2) is 5.90. The Bertz CT molecular complexity index is 641. The molecule has 2 aromatic carbocycles. The molecule has 0 aliphatic carbocycles. The number of aryl methyl sites for hydroxylation is 2. The Labute approximate surface area is 122 Å². The highest BCUT2D eigenvalue weighted by atomic mass is 35.5. The van der Waals surface area contributed by atoms with E-state index in [2.05, 4.69) is 5.32 Å². The van der Waals surface area contributed by atoms with Crippen LogP contribution in [0.3, 0.4) is 0 Å². The second-order valence-electron chi connectivity index (χ2n) is 4.85. The fraction of sp³-hybridized carbons (Fsp3) is 0.250. The van der Waals surface area contributed by atoms with Crippen LogP contribution in [0.5, 0.6) is 0 Å². The van der Waals surface area contributed by atoms with Gasteiger partial charge in [0.05, 0.1) is 6.04 Å². The summed E-state index contributed by atoms with van der Waals surface area (Å²) in [6, 6.07) is 7.58. The molecule has 2 aromatic rings. The fourth-order valence-electron chi connectivity index (χ4n) is 2.34. The zero-order valence-corrected chi connectivity index (χ0v) is 12.4. The molecule has 1 N–H and O–H groups in total. The van der Waals surface area contributed by atoms with Crippen molar-refractivity contribution in [3.8, 4) is 0 Å². The summed E-state index contributed by atoms with van der Waals surface area (Å²) in [5.41, 5.74) is 2.73. The highest BCUT2D eigenvalue weighted by Gasteiger charge is 2.19. The number of rotatable bonds is 3. The standard InChI is InChI=1S/C16H16ClF2N/c1-9-6-11(17)4-5-12(9)16(20-3)13-7-10(2)14(18)8-15(13)19/h4-8,16,20H,1-3H3. The molecule has 0 fully saturated rings. The average molecular weight is 296 g/mol. The quantitative estimate of drug-likeness (QED) is 0.876. The molecule has 20 heavy (non-hydrogen) atoms. The van der Waals surface area contributed by atoms with Gasteiger partial charge in [0.25, 0.3) is 0 Å². The lowest BCUT2D eigenvalue weighted by Crippen LogP contribution is -2.20. The number of benzene rings is 2. The smallest absolute Gasteiger partial charge is 0.131 e. The molecule has 0 spiro atoms. The van der Waals surface area contributed by atoms with E-state index in [-0.39, 0.29) is 6.04 Å². The monoisotopic (exact) mass is 295 g/mol. The van der Waals surface area contributed by atoms with E-state index >= 15 is 0 Å². The van der Waals surface area contributed by atoms with Crippen molar-refractivity contribution in [2.45, 2.75) is 19.9 Å². The van der Waals surface area contributed by atoms with Crippen LogP contribution in [0, 0.1) is 25.5 Å². The van der Waals surface area contributed by atoms with Crippen LogP contribution >= 0.6 is 11.6 Å². The SMILES string of the molecule is CNC(c1ccc(Cl)cc1C)c1cc(C)c(F)cc1F. The Balaban J connectivity index is 2.55. The van der Waals surface area contributed by atoms with Crippen LogP contribution in [0.25, 0.3) is 0 Å². The Morgan fingerprint density at radius 2 is 1.65 bits per heavy atom. The molecule has 0 aliphatic rings. The summed E-state index contributed by atoms with van der Waals surface area (Å²) >= 11 is 5.94. The van der Waals surface area contributed by atoms with E-state index in [0.717, 1.165) is 17.2 Å². The second-order valence-corrected chi connectivity index (χ2v) is 5.28. The lowest BCUT2D eigenvalue weighted by atomic mass is 9.93. The molecule has 0 saturated heterocycles. The van der Waals surface area contributed by atoms with Gasteiger partial charge in [0.15, 0.2) is 0 Å². The summed E-state index contributed by atoms with van der Waals surface area (Å²) in [7, 11) is 1.75. The summed E-state index contributed by atoms with van der Waals surface area (Å²) in [6.45, 7) is 3.54. The van der Waals surface area contributed by atoms with Crippen LogP contribution in [-0.2, 0) is 0 Å². The van der Waals surface area contributed by atoms with E-state index in [0.29, 0.717) is 16.1 Å². The Kier molecular flexibility index (Phi) is 4.41. The predicted molar refractivity (Wildman–Crippen MR) is 78.2 cm³/mol. The van der Waals surface area contributed by atoms with E-state index in [1.807, 2.05) is 19.1 Å². The molecule has 0 bridgehead atoms. The maximum Gasteiger partial charge on any atom is 0.131 e. The van der Waals surface area contributed by atoms with Crippen molar-refractivity contribution in [2.75, 3.05) is 7.05 Å². The average Bonchev–Trinajstić information content (AvgIpc) is 2.38. The summed E-state index contributed by atoms with van der Waals surface area (Å²) in [4.78, 5) is 0. The van der Waals surface area contributed by atoms with Crippen LogP contribution in [0.4, 0.5) is 8.78 Å². The first kappa shape index (κ1) is 14.9. The Hall–Kier alpha value is -1.45. The molecule has 1 unspecified atom stereocenters. The normalized spacial score (nSPS) is 12.5. The molecule has 2 rings (SSSR count). The third kappa shape index (κ3) is 2.84. The molecule has 0 aromatic heterocycles. The predicted octanol–water partition coefficient (Wildman–Crippen LogP) is 4.54. The highest BCUT2D eigenvalue weighted by Crippen LogP contribution is 2.29. The highest BCUT2D eigenvalue weighted by molar-refractivity contribution is 6.30. The van der Waals surface area contributed by atoms with Gasteiger partial charge >= 0.3 is 0 Å². The first-order valence-corrected chi connectivity index (χ1v) is 6.70. The molecular weight excluding hydrogens is 280 g/mol. The van der Waals surface area contributed by atoms with Crippen LogP contribution in [0.2, 0.25) is 5.02 Å². The van der Waals surface area contributed by atoms with Gasteiger partial charge in [-0.05, 0) is 55.8 Å². The van der Waals surface area contributed by atoms with Gasteiger partial charge in [-0.25, -0.2) is 8.78 Å². The maximum absolute atomic E-state index is 14.1. The van der Waals surface area contributed by atoms with Crippen molar-refractivity contribution in [1.82, 2.24) is 5.32 Å². The van der Waals surface area contributed by atoms with Crippen LogP contribution in [0.15, 0.2) is 30.3 Å². The molecule has 0 aliphatic heterocycles. The van der Waals surface area contributed by atoms with E-state index in [1.165, 1.54) is 0 Å². The van der Waals surface area contributed by atoms with Gasteiger partial charge in [0.1, 0.15) is 11.6 Å². The van der Waals surface area contributed by atoms with Crippen molar-refractivity contribution in [3.63, 3.8) is 0 Å². The van der Waals surface area contributed by atoms with Gasteiger partial charge in [-0.3, -0.25) is 0 Å². The summed E-state index contributed by atoms with van der Waals surface area (Å²) in [6.07, 6.45) is 0. The van der Waals surface area contributed by atoms with Crippen LogP contribution in [-0.4, -0.2) is 7.05 Å². The van der Waals surface area contributed by atoms with Crippen LogP contribution < -0.4 is 5.32 Å². The maximum atomic E-state index is 14.1. The molecule has 4 heteroatoms. The number of nitrogens with one attached hydrogen (secondary N) is 1. The largest absolute Gasteiger partial charge is 0.309 e. The van der Waals surface area contributed by atoms with Crippen LogP contribution in [0.1, 0.15) is 28.3 Å². The minimum absolute atomic E-state index is 0.341. The van der Waals surface area contributed by atoms with Crippen molar-refractivity contribution < 1.29 is 8.78 Å². The van der Waals surface area contributed by atoms with E-state index in [4.69, 9.17) is 11.6 Å². The molecule has 0 heterocycles. The minimum atomic E-state index is -0.554. The molecule has 106 valence electrons. The lowest BCUT2D eigenvalue weighted by molar-refractivity contribution is 0.547. The lowest BCUT2D eigenvalue weighted by Gasteiger charge is -2.21. The summed E-state index contributed by atoms with van der Waals surface area (Å²) in [5, 5.41) is 3.71. The van der Waals surface area contributed by atoms with Crippen molar-refractivity contribution in [1.29, 1.82) is 0 Å². The molecular formula is C16H16ClF2N. The summed E-state index contributed by atoms with van der Waals surface area (Å²) in [5.74, 6) is -1.09. The summed E-state index contributed by atoms with van der Waals surface area (Å²) < 4.78 is 27.4.